The minimum absolute atomic E-state index is 0.284. The van der Waals surface area contributed by atoms with Crippen LogP contribution in [-0.2, 0) is 4.74 Å². The summed E-state index contributed by atoms with van der Waals surface area (Å²) in [5.74, 6) is -0.444. The van der Waals surface area contributed by atoms with E-state index in [4.69, 9.17) is 0 Å². The predicted octanol–water partition coefficient (Wildman–Crippen LogP) is 1.48. The summed E-state index contributed by atoms with van der Waals surface area (Å²) in [6.07, 6.45) is 0. The Bertz CT molecular complexity index is 352. The number of esters is 1. The summed E-state index contributed by atoms with van der Waals surface area (Å²) < 4.78 is 5.14. The quantitative estimate of drug-likeness (QED) is 0.581. The van der Waals surface area contributed by atoms with E-state index in [0.29, 0.717) is 3.70 Å². The highest BCUT2D eigenvalue weighted by molar-refractivity contribution is 14.1. The van der Waals surface area contributed by atoms with Gasteiger partial charge in [0.05, 0.1) is 18.5 Å². The van der Waals surface area contributed by atoms with E-state index in [2.05, 4.69) is 14.7 Å². The molecule has 0 aliphatic heterocycles. The number of aromatic nitrogens is 2. The maximum atomic E-state index is 11.2. The topological polar surface area (TPSA) is 52.1 Å². The molecule has 1 aromatic heterocycles. The first-order valence-corrected chi connectivity index (χ1v) is 4.73. The zero-order valence-corrected chi connectivity index (χ0v) is 9.75. The third-order valence-electron chi connectivity index (χ3n) is 1.64. The van der Waals surface area contributed by atoms with Crippen molar-refractivity contribution in [2.75, 3.05) is 7.11 Å². The van der Waals surface area contributed by atoms with Crippen LogP contribution in [0.3, 0.4) is 0 Å². The third kappa shape index (κ3) is 2.15. The highest BCUT2D eigenvalue weighted by Crippen LogP contribution is 2.11. The molecule has 0 N–H and O–H groups in total. The van der Waals surface area contributed by atoms with Gasteiger partial charge in [0, 0.05) is 0 Å². The highest BCUT2D eigenvalue weighted by Gasteiger charge is 2.14. The molecule has 0 saturated carbocycles. The first-order valence-electron chi connectivity index (χ1n) is 3.65. The van der Waals surface area contributed by atoms with Gasteiger partial charge in [-0.1, -0.05) is 0 Å². The molecular formula is C8H9IN2O2. The summed E-state index contributed by atoms with van der Waals surface area (Å²) in [4.78, 5) is 19.4. The maximum absolute atomic E-state index is 11.2. The Labute approximate surface area is 89.9 Å². The zero-order valence-electron chi connectivity index (χ0n) is 7.59. The Balaban J connectivity index is 3.23. The molecule has 0 radical (unpaired) electrons. The maximum Gasteiger partial charge on any atom is 0.359 e. The van der Waals surface area contributed by atoms with Crippen LogP contribution in [0.15, 0.2) is 0 Å². The number of nitrogens with zero attached hydrogens (tertiary/aromatic N) is 2. The van der Waals surface area contributed by atoms with E-state index in [-0.39, 0.29) is 5.69 Å². The molecule has 0 atom stereocenters. The largest absolute Gasteiger partial charge is 0.464 e. The van der Waals surface area contributed by atoms with Crippen molar-refractivity contribution >= 4 is 28.6 Å². The van der Waals surface area contributed by atoms with Crippen LogP contribution in [-0.4, -0.2) is 23.0 Å². The Morgan fingerprint density at radius 2 is 1.85 bits per heavy atom. The molecule has 0 unspecified atom stereocenters. The van der Waals surface area contributed by atoms with Crippen LogP contribution < -0.4 is 0 Å². The lowest BCUT2D eigenvalue weighted by atomic mass is 10.3. The second kappa shape index (κ2) is 3.99. The number of rotatable bonds is 1. The highest BCUT2D eigenvalue weighted by atomic mass is 127. The predicted molar refractivity (Wildman–Crippen MR) is 55.6 cm³/mol. The molecule has 0 saturated heterocycles. The van der Waals surface area contributed by atoms with E-state index in [0.717, 1.165) is 11.4 Å². The van der Waals surface area contributed by atoms with Crippen molar-refractivity contribution in [2.24, 2.45) is 0 Å². The number of halogens is 1. The van der Waals surface area contributed by atoms with E-state index in [1.807, 2.05) is 36.4 Å². The number of hydrogen-bond donors (Lipinski definition) is 0. The van der Waals surface area contributed by atoms with Crippen LogP contribution in [0, 0.1) is 17.5 Å². The normalized spacial score (nSPS) is 9.85. The van der Waals surface area contributed by atoms with Gasteiger partial charge < -0.3 is 4.74 Å². The lowest BCUT2D eigenvalue weighted by molar-refractivity contribution is 0.0591. The van der Waals surface area contributed by atoms with Gasteiger partial charge >= 0.3 is 5.97 Å². The monoisotopic (exact) mass is 292 g/mol. The first-order chi connectivity index (χ1) is 6.06. The van der Waals surface area contributed by atoms with Gasteiger partial charge in [-0.05, 0) is 36.4 Å². The molecule has 70 valence electrons. The Morgan fingerprint density at radius 3 is 2.38 bits per heavy atom. The molecular weight excluding hydrogens is 283 g/mol. The van der Waals surface area contributed by atoms with Crippen molar-refractivity contribution in [3.8, 4) is 0 Å². The molecule has 0 fully saturated rings. The van der Waals surface area contributed by atoms with Gasteiger partial charge in [0.25, 0.3) is 0 Å². The van der Waals surface area contributed by atoms with Gasteiger partial charge in [-0.25, -0.2) is 14.8 Å². The average Bonchev–Trinajstić information content (AvgIpc) is 2.10. The third-order valence-corrected chi connectivity index (χ3v) is 2.40. The van der Waals surface area contributed by atoms with Gasteiger partial charge in [-0.15, -0.1) is 0 Å². The molecule has 1 heterocycles. The fraction of sp³-hybridized carbons (Fsp3) is 0.375. The van der Waals surface area contributed by atoms with Gasteiger partial charge in [0.2, 0.25) is 0 Å². The molecule has 0 spiro atoms. The molecule has 0 aliphatic rings. The first kappa shape index (κ1) is 10.4. The summed E-state index contributed by atoms with van der Waals surface area (Å²) in [5.41, 5.74) is 1.86. The van der Waals surface area contributed by atoms with Crippen molar-refractivity contribution in [2.45, 2.75) is 13.8 Å². The summed E-state index contributed by atoms with van der Waals surface area (Å²) in [6.45, 7) is 3.66. The molecule has 0 aliphatic carbocycles. The number of methoxy groups -OCH3 is 1. The molecule has 5 heteroatoms. The number of aryl methyl sites for hydroxylation is 2. The fourth-order valence-corrected chi connectivity index (χ4v) is 1.50. The lowest BCUT2D eigenvalue weighted by Gasteiger charge is -2.04. The number of hydrogen-bond acceptors (Lipinski definition) is 4. The van der Waals surface area contributed by atoms with E-state index in [9.17, 15) is 4.79 Å². The van der Waals surface area contributed by atoms with E-state index < -0.39 is 5.97 Å². The van der Waals surface area contributed by atoms with Crippen molar-refractivity contribution in [3.63, 3.8) is 0 Å². The molecule has 13 heavy (non-hydrogen) atoms. The summed E-state index contributed by atoms with van der Waals surface area (Å²) in [7, 11) is 1.33. The minimum atomic E-state index is -0.444. The fourth-order valence-electron chi connectivity index (χ4n) is 0.802. The summed E-state index contributed by atoms with van der Waals surface area (Å²) >= 11 is 1.97. The van der Waals surface area contributed by atoms with Crippen LogP contribution in [0.5, 0.6) is 0 Å². The van der Waals surface area contributed by atoms with E-state index in [1.165, 1.54) is 7.11 Å². The van der Waals surface area contributed by atoms with Gasteiger partial charge in [0.15, 0.2) is 5.69 Å². The Morgan fingerprint density at radius 1 is 1.31 bits per heavy atom. The average molecular weight is 292 g/mol. The number of carbonyl (C=O) groups excluding carboxylic acids is 1. The van der Waals surface area contributed by atoms with Crippen LogP contribution >= 0.6 is 22.6 Å². The van der Waals surface area contributed by atoms with E-state index in [1.54, 1.807) is 0 Å². The van der Waals surface area contributed by atoms with Crippen LogP contribution in [0.2, 0.25) is 0 Å². The second-order valence-electron chi connectivity index (χ2n) is 2.53. The molecule has 0 amide bonds. The van der Waals surface area contributed by atoms with Crippen molar-refractivity contribution in [1.82, 2.24) is 9.97 Å². The number of ether oxygens (including phenoxy) is 1. The van der Waals surface area contributed by atoms with Crippen molar-refractivity contribution in [1.29, 1.82) is 0 Å². The summed E-state index contributed by atoms with van der Waals surface area (Å²) in [6, 6.07) is 0. The molecule has 0 bridgehead atoms. The number of carbonyl (C=O) groups is 1. The van der Waals surface area contributed by atoms with Gasteiger partial charge in [-0.3, -0.25) is 0 Å². The standard InChI is InChI=1S/C8H9IN2O2/c1-4-5(2)11-7(9)6(10-4)8(12)13-3/h1-3H3. The van der Waals surface area contributed by atoms with Gasteiger partial charge in [0.1, 0.15) is 3.70 Å². The molecule has 0 aromatic carbocycles. The molecule has 1 aromatic rings. The Kier molecular flexibility index (Phi) is 3.18. The SMILES string of the molecule is COC(=O)c1nc(C)c(C)nc1I. The van der Waals surface area contributed by atoms with E-state index >= 15 is 0 Å². The molecule has 4 nitrogen and oxygen atoms in total. The van der Waals surface area contributed by atoms with Gasteiger partial charge in [-0.2, -0.15) is 0 Å². The van der Waals surface area contributed by atoms with Crippen LogP contribution in [0.4, 0.5) is 0 Å². The van der Waals surface area contributed by atoms with Crippen molar-refractivity contribution in [3.05, 3.63) is 20.8 Å². The zero-order chi connectivity index (χ0) is 10.0. The lowest BCUT2D eigenvalue weighted by Crippen LogP contribution is -2.10. The minimum Gasteiger partial charge on any atom is -0.464 e. The molecule has 1 rings (SSSR count). The van der Waals surface area contributed by atoms with Crippen molar-refractivity contribution < 1.29 is 9.53 Å². The summed E-state index contributed by atoms with van der Waals surface area (Å²) in [5, 5.41) is 0. The smallest absolute Gasteiger partial charge is 0.359 e. The van der Waals surface area contributed by atoms with Crippen LogP contribution in [0.1, 0.15) is 21.9 Å². The second-order valence-corrected chi connectivity index (χ2v) is 3.55. The van der Waals surface area contributed by atoms with Crippen LogP contribution in [0.25, 0.3) is 0 Å². The Hall–Kier alpha value is -0.720.